The summed E-state index contributed by atoms with van der Waals surface area (Å²) in [4.78, 5) is 37.7. The summed E-state index contributed by atoms with van der Waals surface area (Å²) < 4.78 is 46.2. The summed E-state index contributed by atoms with van der Waals surface area (Å²) in [5, 5.41) is 14.2. The van der Waals surface area contributed by atoms with E-state index in [1.165, 1.54) is 48.5 Å². The lowest BCUT2D eigenvalue weighted by Gasteiger charge is -2.20. The highest BCUT2D eigenvalue weighted by Crippen LogP contribution is 2.25. The quantitative estimate of drug-likeness (QED) is 0.203. The number of nitrogens with zero attached hydrogens (tertiary/aromatic N) is 1. The number of benzene rings is 3. The zero-order chi connectivity index (χ0) is 30.2. The van der Waals surface area contributed by atoms with Crippen LogP contribution in [0.1, 0.15) is 54.2 Å². The third kappa shape index (κ3) is 10.1. The van der Waals surface area contributed by atoms with Gasteiger partial charge in [-0.25, -0.2) is 4.79 Å². The van der Waals surface area contributed by atoms with Crippen molar-refractivity contribution in [1.82, 2.24) is 0 Å². The monoisotopic (exact) mass is 563 g/mol. The number of Topliss-reactive ketones (excluding diaryl/α,β-unsaturated/α-hetero) is 1. The fourth-order valence-corrected chi connectivity index (χ4v) is 3.34. The lowest BCUT2D eigenvalue weighted by molar-refractivity contribution is -0.274. The number of nitrogens with one attached hydrogen (secondary N) is 2. The Balaban J connectivity index is 1.83. The van der Waals surface area contributed by atoms with Gasteiger partial charge in [-0.15, -0.1) is 13.2 Å². The Hall–Kier alpha value is -5.29. The molecule has 0 radical (unpaired) electrons. The molecule has 0 atom stereocenters. The number of carbonyl (C=O) groups is 3. The van der Waals surface area contributed by atoms with Crippen molar-refractivity contribution >= 4 is 29.2 Å². The summed E-state index contributed by atoms with van der Waals surface area (Å²) in [6.45, 7) is 5.05. The Labute approximate surface area is 234 Å². The molecule has 0 aromatic heterocycles. The van der Waals surface area contributed by atoms with Gasteiger partial charge in [-0.2, -0.15) is 5.26 Å². The highest BCUT2D eigenvalue weighted by molar-refractivity contribution is 6.12. The van der Waals surface area contributed by atoms with E-state index in [4.69, 9.17) is 10.00 Å². The number of carbonyl (C=O) groups excluding carboxylic acids is 3. The molecule has 0 aliphatic rings. The molecular weight excluding hydrogens is 539 g/mol. The number of amides is 2. The van der Waals surface area contributed by atoms with Gasteiger partial charge in [0.15, 0.2) is 5.78 Å². The van der Waals surface area contributed by atoms with Crippen LogP contribution in [-0.4, -0.2) is 29.7 Å². The Bertz CT molecular complexity index is 1560. The predicted octanol–water partition coefficient (Wildman–Crippen LogP) is 6.42. The van der Waals surface area contributed by atoms with E-state index in [-0.39, 0.29) is 28.3 Å². The van der Waals surface area contributed by atoms with Crippen LogP contribution in [0.4, 0.5) is 29.3 Å². The van der Waals surface area contributed by atoms with Crippen molar-refractivity contribution in [1.29, 1.82) is 5.26 Å². The van der Waals surface area contributed by atoms with Crippen LogP contribution in [-0.2, 0) is 9.53 Å². The minimum atomic E-state index is -4.81. The van der Waals surface area contributed by atoms with Gasteiger partial charge in [0.05, 0.1) is 29.4 Å². The van der Waals surface area contributed by atoms with Gasteiger partial charge < -0.3 is 14.8 Å². The molecule has 0 unspecified atom stereocenters. The first-order valence-corrected chi connectivity index (χ1v) is 12.1. The Morgan fingerprint density at radius 2 is 1.49 bits per heavy atom. The number of hydrogen-bond acceptors (Lipinski definition) is 6. The summed E-state index contributed by atoms with van der Waals surface area (Å²) in [7, 11) is 0. The molecule has 0 bridgehead atoms. The van der Waals surface area contributed by atoms with E-state index in [0.717, 1.165) is 12.1 Å². The highest BCUT2D eigenvalue weighted by Gasteiger charge is 2.31. The van der Waals surface area contributed by atoms with Crippen molar-refractivity contribution in [2.24, 2.45) is 0 Å². The van der Waals surface area contributed by atoms with Gasteiger partial charge in [0, 0.05) is 16.7 Å². The van der Waals surface area contributed by atoms with Crippen molar-refractivity contribution in [3.05, 3.63) is 89.0 Å². The number of rotatable bonds is 6. The van der Waals surface area contributed by atoms with Gasteiger partial charge in [-0.3, -0.25) is 14.9 Å². The molecule has 41 heavy (non-hydrogen) atoms. The predicted molar refractivity (Wildman–Crippen MR) is 144 cm³/mol. The van der Waals surface area contributed by atoms with Gasteiger partial charge in [-0.05, 0) is 75.4 Å². The largest absolute Gasteiger partial charge is 0.573 e. The van der Waals surface area contributed by atoms with E-state index >= 15 is 0 Å². The number of hydrogen-bond donors (Lipinski definition) is 2. The molecule has 3 aromatic carbocycles. The van der Waals surface area contributed by atoms with Gasteiger partial charge >= 0.3 is 12.5 Å². The SMILES string of the molecule is CC(C)(C)OC(=O)Nc1ccc(C#Cc2ccc(OC(F)(F)F)cc2)cc1NC(=O)CC(=O)c1cccc(C#N)c1. The first kappa shape index (κ1) is 30.3. The van der Waals surface area contributed by atoms with Crippen LogP contribution in [0, 0.1) is 23.2 Å². The molecule has 0 aliphatic heterocycles. The molecule has 0 saturated carbocycles. The molecule has 0 aliphatic carbocycles. The molecular formula is C30H24F3N3O5. The maximum absolute atomic E-state index is 12.8. The number of ether oxygens (including phenoxy) is 2. The Kier molecular flexibility index (Phi) is 9.38. The third-order valence-electron chi connectivity index (χ3n) is 5.00. The average Bonchev–Trinajstić information content (AvgIpc) is 2.87. The van der Waals surface area contributed by atoms with E-state index in [0.29, 0.717) is 11.1 Å². The molecule has 2 N–H and O–H groups in total. The minimum Gasteiger partial charge on any atom is -0.444 e. The topological polar surface area (TPSA) is 118 Å². The number of ketones is 1. The fraction of sp³-hybridized carbons (Fsp3) is 0.200. The van der Waals surface area contributed by atoms with Crippen molar-refractivity contribution in [3.63, 3.8) is 0 Å². The van der Waals surface area contributed by atoms with Gasteiger partial charge in [0.1, 0.15) is 11.4 Å². The first-order valence-electron chi connectivity index (χ1n) is 12.1. The van der Waals surface area contributed by atoms with E-state index in [9.17, 15) is 27.6 Å². The molecule has 2 amide bonds. The molecule has 0 saturated heterocycles. The highest BCUT2D eigenvalue weighted by atomic mass is 19.4. The van der Waals surface area contributed by atoms with Crippen LogP contribution in [0.5, 0.6) is 5.75 Å². The molecule has 3 rings (SSSR count). The number of halogens is 3. The number of nitriles is 1. The van der Waals surface area contributed by atoms with Crippen molar-refractivity contribution in [2.45, 2.75) is 39.2 Å². The number of anilines is 2. The van der Waals surface area contributed by atoms with Crippen LogP contribution in [0.15, 0.2) is 66.7 Å². The van der Waals surface area contributed by atoms with Crippen molar-refractivity contribution in [2.75, 3.05) is 10.6 Å². The van der Waals surface area contributed by atoms with Crippen LogP contribution in [0.25, 0.3) is 0 Å². The van der Waals surface area contributed by atoms with Crippen LogP contribution in [0.3, 0.4) is 0 Å². The van der Waals surface area contributed by atoms with E-state index in [1.54, 1.807) is 26.8 Å². The van der Waals surface area contributed by atoms with E-state index < -0.39 is 36.2 Å². The lowest BCUT2D eigenvalue weighted by Crippen LogP contribution is -2.27. The second kappa shape index (κ2) is 12.7. The normalized spacial score (nSPS) is 10.9. The summed E-state index contributed by atoms with van der Waals surface area (Å²) >= 11 is 0. The van der Waals surface area contributed by atoms with Crippen molar-refractivity contribution < 1.29 is 37.0 Å². The average molecular weight is 564 g/mol. The molecule has 0 fully saturated rings. The molecule has 11 heteroatoms. The second-order valence-electron chi connectivity index (χ2n) is 9.55. The standard InChI is InChI=1S/C30H24F3N3O5/c1-29(2,3)41-28(39)36-24-14-11-20(8-7-19-9-12-23(13-10-19)40-30(31,32)33)16-25(24)35-27(38)17-26(37)22-6-4-5-21(15-22)18-34/h4-6,9-16H,17H2,1-3H3,(H,35,38)(H,36,39). The third-order valence-corrected chi connectivity index (χ3v) is 5.00. The summed E-state index contributed by atoms with van der Waals surface area (Å²) in [5.74, 6) is 4.04. The zero-order valence-electron chi connectivity index (χ0n) is 22.2. The molecule has 210 valence electrons. The maximum Gasteiger partial charge on any atom is 0.573 e. The Morgan fingerprint density at radius 1 is 0.829 bits per heavy atom. The maximum atomic E-state index is 12.8. The van der Waals surface area contributed by atoms with Crippen molar-refractivity contribution in [3.8, 4) is 23.7 Å². The van der Waals surface area contributed by atoms with Crippen LogP contribution >= 0.6 is 0 Å². The van der Waals surface area contributed by atoms with Crippen LogP contribution < -0.4 is 15.4 Å². The molecule has 0 spiro atoms. The Morgan fingerprint density at radius 3 is 2.12 bits per heavy atom. The summed E-state index contributed by atoms with van der Waals surface area (Å²) in [6.07, 6.45) is -6.13. The molecule has 0 heterocycles. The molecule has 8 nitrogen and oxygen atoms in total. The van der Waals surface area contributed by atoms with Gasteiger partial charge in [0.2, 0.25) is 5.91 Å². The first-order chi connectivity index (χ1) is 19.2. The number of alkyl halides is 3. The fourth-order valence-electron chi connectivity index (χ4n) is 3.34. The molecule has 3 aromatic rings. The lowest BCUT2D eigenvalue weighted by atomic mass is 10.1. The second-order valence-corrected chi connectivity index (χ2v) is 9.55. The minimum absolute atomic E-state index is 0.125. The smallest absolute Gasteiger partial charge is 0.444 e. The van der Waals surface area contributed by atoms with Crippen LogP contribution in [0.2, 0.25) is 0 Å². The van der Waals surface area contributed by atoms with E-state index in [2.05, 4.69) is 27.2 Å². The van der Waals surface area contributed by atoms with E-state index in [1.807, 2.05) is 6.07 Å². The summed E-state index contributed by atoms with van der Waals surface area (Å²) in [6, 6.07) is 17.3. The summed E-state index contributed by atoms with van der Waals surface area (Å²) in [5.41, 5.74) is 0.756. The van der Waals surface area contributed by atoms with Gasteiger partial charge in [-0.1, -0.05) is 24.0 Å². The van der Waals surface area contributed by atoms with Gasteiger partial charge in [0.25, 0.3) is 0 Å². The zero-order valence-corrected chi connectivity index (χ0v) is 22.2.